The van der Waals surface area contributed by atoms with Crippen LogP contribution in [-0.2, 0) is 4.74 Å². The fourth-order valence-corrected chi connectivity index (χ4v) is 4.04. The number of rotatable bonds is 6. The standard InChI is InChI=1S/C26H37NO4/c1-15-10-12-20(13-11-15)21(16(2)14-28)22-19(5)23(17(3)18(4)24(22)30-9)27-25(29)31-26(6,7)8/h10-13,16,21,28H,14H2,1-9H3,(H,27,29). The topological polar surface area (TPSA) is 67.8 Å². The van der Waals surface area contributed by atoms with Gasteiger partial charge in [-0.15, -0.1) is 0 Å². The molecule has 0 saturated carbocycles. The largest absolute Gasteiger partial charge is 0.496 e. The van der Waals surface area contributed by atoms with Crippen molar-refractivity contribution in [3.8, 4) is 5.75 Å². The molecule has 2 rings (SSSR count). The number of methoxy groups -OCH3 is 1. The molecule has 5 heteroatoms. The molecular formula is C26H37NO4. The molecule has 0 aromatic heterocycles. The maximum Gasteiger partial charge on any atom is 0.412 e. The summed E-state index contributed by atoms with van der Waals surface area (Å²) >= 11 is 0. The molecule has 5 nitrogen and oxygen atoms in total. The van der Waals surface area contributed by atoms with Crippen LogP contribution < -0.4 is 10.1 Å². The van der Waals surface area contributed by atoms with Crippen molar-refractivity contribution in [2.75, 3.05) is 19.0 Å². The van der Waals surface area contributed by atoms with Gasteiger partial charge in [0.15, 0.2) is 0 Å². The minimum Gasteiger partial charge on any atom is -0.496 e. The number of aliphatic hydroxyl groups excluding tert-OH is 1. The van der Waals surface area contributed by atoms with E-state index in [0.29, 0.717) is 0 Å². The van der Waals surface area contributed by atoms with Crippen molar-refractivity contribution in [2.45, 2.75) is 66.9 Å². The third kappa shape index (κ3) is 5.59. The summed E-state index contributed by atoms with van der Waals surface area (Å²) in [6.07, 6.45) is -0.490. The molecule has 0 heterocycles. The van der Waals surface area contributed by atoms with Crippen LogP contribution >= 0.6 is 0 Å². The minimum absolute atomic E-state index is 0.0306. The first kappa shape index (κ1) is 24.7. The van der Waals surface area contributed by atoms with E-state index in [9.17, 15) is 9.90 Å². The van der Waals surface area contributed by atoms with Crippen molar-refractivity contribution in [2.24, 2.45) is 5.92 Å². The average Bonchev–Trinajstić information content (AvgIpc) is 2.69. The van der Waals surface area contributed by atoms with Gasteiger partial charge in [-0.3, -0.25) is 5.32 Å². The van der Waals surface area contributed by atoms with E-state index in [1.54, 1.807) is 7.11 Å². The average molecular weight is 428 g/mol. The Morgan fingerprint density at radius 3 is 2.10 bits per heavy atom. The van der Waals surface area contributed by atoms with Crippen LogP contribution in [0.3, 0.4) is 0 Å². The van der Waals surface area contributed by atoms with E-state index < -0.39 is 11.7 Å². The quantitative estimate of drug-likeness (QED) is 0.590. The van der Waals surface area contributed by atoms with Crippen LogP contribution in [0.4, 0.5) is 10.5 Å². The van der Waals surface area contributed by atoms with Gasteiger partial charge in [0.25, 0.3) is 0 Å². The lowest BCUT2D eigenvalue weighted by molar-refractivity contribution is 0.0635. The molecule has 0 radical (unpaired) electrons. The Morgan fingerprint density at radius 2 is 1.61 bits per heavy atom. The Hall–Kier alpha value is -2.53. The summed E-state index contributed by atoms with van der Waals surface area (Å²) in [6.45, 7) is 15.6. The van der Waals surface area contributed by atoms with Gasteiger partial charge in [0.05, 0.1) is 12.8 Å². The molecule has 0 saturated heterocycles. The number of amides is 1. The molecule has 2 atom stereocenters. The van der Waals surface area contributed by atoms with Crippen LogP contribution in [0.25, 0.3) is 0 Å². The smallest absolute Gasteiger partial charge is 0.412 e. The SMILES string of the molecule is COc1c(C)c(C)c(NC(=O)OC(C)(C)C)c(C)c1C(c1ccc(C)cc1)C(C)CO. The molecule has 1 amide bonds. The third-order valence-corrected chi connectivity index (χ3v) is 5.74. The Morgan fingerprint density at radius 1 is 1.03 bits per heavy atom. The second-order valence-corrected chi connectivity index (χ2v) is 9.37. The molecule has 31 heavy (non-hydrogen) atoms. The number of aryl methyl sites for hydroxylation is 1. The first-order chi connectivity index (χ1) is 14.4. The van der Waals surface area contributed by atoms with Crippen molar-refractivity contribution in [1.82, 2.24) is 0 Å². The summed E-state index contributed by atoms with van der Waals surface area (Å²) in [5.74, 6) is 0.640. The maximum atomic E-state index is 12.6. The zero-order chi connectivity index (χ0) is 23.5. The van der Waals surface area contributed by atoms with Crippen LogP contribution in [0.2, 0.25) is 0 Å². The maximum absolute atomic E-state index is 12.6. The first-order valence-corrected chi connectivity index (χ1v) is 10.8. The molecule has 0 aliphatic heterocycles. The molecule has 2 N–H and O–H groups in total. The predicted molar refractivity (Wildman–Crippen MR) is 126 cm³/mol. The zero-order valence-electron chi connectivity index (χ0n) is 20.3. The fraction of sp³-hybridized carbons (Fsp3) is 0.500. The number of hydrogen-bond donors (Lipinski definition) is 2. The molecule has 170 valence electrons. The zero-order valence-corrected chi connectivity index (χ0v) is 20.3. The van der Waals surface area contributed by atoms with Gasteiger partial charge in [0.1, 0.15) is 11.4 Å². The van der Waals surface area contributed by atoms with E-state index in [1.165, 1.54) is 5.56 Å². The molecular weight excluding hydrogens is 390 g/mol. The van der Waals surface area contributed by atoms with E-state index >= 15 is 0 Å². The number of aliphatic hydroxyl groups is 1. The van der Waals surface area contributed by atoms with Gasteiger partial charge in [-0.2, -0.15) is 0 Å². The Kier molecular flexibility index (Phi) is 7.77. The predicted octanol–water partition coefficient (Wildman–Crippen LogP) is 6.04. The molecule has 0 spiro atoms. The highest BCUT2D eigenvalue weighted by Gasteiger charge is 2.30. The molecule has 0 bridgehead atoms. The lowest BCUT2D eigenvalue weighted by Gasteiger charge is -2.30. The Balaban J connectivity index is 2.72. The van der Waals surface area contributed by atoms with E-state index in [4.69, 9.17) is 9.47 Å². The van der Waals surface area contributed by atoms with Crippen molar-refractivity contribution < 1.29 is 19.4 Å². The summed E-state index contributed by atoms with van der Waals surface area (Å²) < 4.78 is 11.4. The van der Waals surface area contributed by atoms with Gasteiger partial charge in [0, 0.05) is 18.1 Å². The number of ether oxygens (including phenoxy) is 2. The molecule has 0 aliphatic rings. The number of carbonyl (C=O) groups is 1. The van der Waals surface area contributed by atoms with Gasteiger partial charge in [-0.1, -0.05) is 36.8 Å². The van der Waals surface area contributed by atoms with Gasteiger partial charge in [-0.25, -0.2) is 4.79 Å². The normalized spacial score (nSPS) is 13.5. The third-order valence-electron chi connectivity index (χ3n) is 5.74. The summed E-state index contributed by atoms with van der Waals surface area (Å²) in [7, 11) is 1.67. The summed E-state index contributed by atoms with van der Waals surface area (Å²) in [5, 5.41) is 13.0. The van der Waals surface area contributed by atoms with Crippen molar-refractivity contribution >= 4 is 11.8 Å². The molecule has 2 aromatic carbocycles. The van der Waals surface area contributed by atoms with Crippen molar-refractivity contribution in [3.05, 3.63) is 57.6 Å². The second kappa shape index (κ2) is 9.73. The number of anilines is 1. The van der Waals surface area contributed by atoms with Crippen LogP contribution in [0.1, 0.15) is 67.0 Å². The monoisotopic (exact) mass is 427 g/mol. The Bertz CT molecular complexity index is 926. The van der Waals surface area contributed by atoms with E-state index in [1.807, 2.05) is 48.5 Å². The van der Waals surface area contributed by atoms with Crippen LogP contribution in [0.15, 0.2) is 24.3 Å². The fourth-order valence-electron chi connectivity index (χ4n) is 4.04. The van der Waals surface area contributed by atoms with Gasteiger partial charge in [-0.05, 0) is 76.6 Å². The molecule has 2 aromatic rings. The summed E-state index contributed by atoms with van der Waals surface area (Å²) in [6, 6.07) is 8.35. The second-order valence-electron chi connectivity index (χ2n) is 9.37. The number of benzene rings is 2. The molecule has 0 fully saturated rings. The van der Waals surface area contributed by atoms with Gasteiger partial charge in [0.2, 0.25) is 0 Å². The van der Waals surface area contributed by atoms with Crippen LogP contribution in [-0.4, -0.2) is 30.5 Å². The number of carbonyl (C=O) groups excluding carboxylic acids is 1. The molecule has 2 unspecified atom stereocenters. The van der Waals surface area contributed by atoms with E-state index in [2.05, 4.69) is 36.5 Å². The number of nitrogens with one attached hydrogen (secondary N) is 1. The van der Waals surface area contributed by atoms with Gasteiger partial charge >= 0.3 is 6.09 Å². The van der Waals surface area contributed by atoms with Crippen molar-refractivity contribution in [1.29, 1.82) is 0 Å². The first-order valence-electron chi connectivity index (χ1n) is 10.8. The van der Waals surface area contributed by atoms with Crippen LogP contribution in [0.5, 0.6) is 5.75 Å². The van der Waals surface area contributed by atoms with Crippen molar-refractivity contribution in [3.63, 3.8) is 0 Å². The molecule has 0 aliphatic carbocycles. The lowest BCUT2D eigenvalue weighted by atomic mass is 9.77. The van der Waals surface area contributed by atoms with E-state index in [-0.39, 0.29) is 18.4 Å². The minimum atomic E-state index is -0.591. The van der Waals surface area contributed by atoms with Gasteiger partial charge < -0.3 is 14.6 Å². The van der Waals surface area contributed by atoms with E-state index in [0.717, 1.165) is 39.3 Å². The highest BCUT2D eigenvalue weighted by atomic mass is 16.6. The van der Waals surface area contributed by atoms with Crippen LogP contribution in [0, 0.1) is 33.6 Å². The highest BCUT2D eigenvalue weighted by molar-refractivity contribution is 5.88. The summed E-state index contributed by atoms with van der Waals surface area (Å²) in [4.78, 5) is 12.6. The highest BCUT2D eigenvalue weighted by Crippen LogP contribution is 2.45. The lowest BCUT2D eigenvalue weighted by Crippen LogP contribution is -2.28. The Labute approximate surface area is 186 Å². The number of hydrogen-bond acceptors (Lipinski definition) is 4. The summed E-state index contributed by atoms with van der Waals surface area (Å²) in [5.41, 5.74) is 6.19.